The van der Waals surface area contributed by atoms with Crippen LogP contribution in [0.3, 0.4) is 0 Å². The lowest BCUT2D eigenvalue weighted by Crippen LogP contribution is -2.31. The third-order valence-corrected chi connectivity index (χ3v) is 17.0. The third kappa shape index (κ3) is 6.44. The van der Waals surface area contributed by atoms with Crippen molar-refractivity contribution in [3.05, 3.63) is 253 Å². The maximum absolute atomic E-state index is 2.50. The first-order valence-corrected chi connectivity index (χ1v) is 26.1. The minimum atomic E-state index is -0.171. The fourth-order valence-electron chi connectivity index (χ4n) is 13.3. The first kappa shape index (κ1) is 44.0. The normalized spacial score (nSPS) is 14.2. The third-order valence-electron chi connectivity index (χ3n) is 17.0. The van der Waals surface area contributed by atoms with Crippen molar-refractivity contribution in [3.63, 3.8) is 0 Å². The highest BCUT2D eigenvalue weighted by Crippen LogP contribution is 2.55. The topological polar surface area (TPSA) is 6.48 Å². The molecule has 2 heterocycles. The van der Waals surface area contributed by atoms with Crippen LogP contribution in [0, 0.1) is 0 Å². The Balaban J connectivity index is 1.02. The minimum absolute atomic E-state index is 0.171. The summed E-state index contributed by atoms with van der Waals surface area (Å²) in [7, 11) is 4.48. The summed E-state index contributed by atoms with van der Waals surface area (Å²) in [6, 6.07) is 86.8. The SMILES string of the molecule is CN1c2ccccc2C(C)(C)c2cccc(-c3cc(-c4cccc5c(-c6ccccc6)c6cccc(-c7cc(-c8cccc9c8N(C)c8ccccc8C9(C)C)c8ccccc8c7)c6cc45)cc4ccccc34)c21. The van der Waals surface area contributed by atoms with Gasteiger partial charge in [0.05, 0.1) is 11.4 Å². The van der Waals surface area contributed by atoms with Crippen molar-refractivity contribution < 1.29 is 0 Å². The number of rotatable bonds is 5. The van der Waals surface area contributed by atoms with Crippen molar-refractivity contribution >= 4 is 65.8 Å². The van der Waals surface area contributed by atoms with E-state index in [2.05, 4.69) is 282 Å². The molecule has 0 radical (unpaired) electrons. The zero-order valence-corrected chi connectivity index (χ0v) is 42.8. The molecule has 0 fully saturated rings. The van der Waals surface area contributed by atoms with Crippen LogP contribution >= 0.6 is 0 Å². The lowest BCUT2D eigenvalue weighted by molar-refractivity contribution is 0.630. The molecular formula is C72H56N2. The number of nitrogens with zero attached hydrogens (tertiary/aromatic N) is 2. The molecule has 0 amide bonds. The van der Waals surface area contributed by atoms with E-state index >= 15 is 0 Å². The molecule has 354 valence electrons. The molecule has 0 bridgehead atoms. The van der Waals surface area contributed by atoms with Crippen LogP contribution in [-0.2, 0) is 10.8 Å². The van der Waals surface area contributed by atoms with Gasteiger partial charge in [0.2, 0.25) is 0 Å². The Labute approximate surface area is 434 Å². The number of para-hydroxylation sites is 4. The molecule has 0 N–H and O–H groups in total. The summed E-state index contributed by atoms with van der Waals surface area (Å²) in [5.74, 6) is 0. The fourth-order valence-corrected chi connectivity index (χ4v) is 13.3. The first-order chi connectivity index (χ1) is 36.1. The van der Waals surface area contributed by atoms with Crippen molar-refractivity contribution in [1.82, 2.24) is 0 Å². The summed E-state index contributed by atoms with van der Waals surface area (Å²) in [4.78, 5) is 4.85. The van der Waals surface area contributed by atoms with Gasteiger partial charge >= 0.3 is 0 Å². The lowest BCUT2D eigenvalue weighted by Gasteiger charge is -2.41. The van der Waals surface area contributed by atoms with Crippen LogP contribution in [0.2, 0.25) is 0 Å². The second-order valence-corrected chi connectivity index (χ2v) is 21.7. The molecule has 0 aliphatic carbocycles. The van der Waals surface area contributed by atoms with Crippen molar-refractivity contribution in [2.45, 2.75) is 38.5 Å². The Morgan fingerprint density at radius 1 is 0.270 bits per heavy atom. The Hall–Kier alpha value is -8.72. The zero-order chi connectivity index (χ0) is 50.0. The van der Waals surface area contributed by atoms with Gasteiger partial charge in [-0.1, -0.05) is 216 Å². The van der Waals surface area contributed by atoms with Crippen molar-refractivity contribution in [2.24, 2.45) is 0 Å². The molecule has 0 atom stereocenters. The van der Waals surface area contributed by atoms with E-state index in [0.717, 1.165) is 0 Å². The predicted octanol–water partition coefficient (Wildman–Crippen LogP) is 19.4. The van der Waals surface area contributed by atoms with Gasteiger partial charge in [-0.15, -0.1) is 0 Å². The Morgan fingerprint density at radius 3 is 1.14 bits per heavy atom. The van der Waals surface area contributed by atoms with Crippen LogP contribution in [0.1, 0.15) is 49.9 Å². The standard InChI is InChI=1S/C72H56N2/c1-71(2)62-34-14-16-38-66(62)73(5)69-56(32-20-36-64(69)71)58-42-48(40-46-24-10-12-26-50(46)58)52-28-18-30-54-60(52)44-61-53(29-19-31-55(61)68(54)45-22-8-7-9-23-45)49-41-47-25-11-13-27-51(47)59(43-49)57-33-21-37-65-70(57)74(6)67-39-17-15-35-63(67)72(65,3)4/h7-44H,1-6H3. The number of hydrogen-bond donors (Lipinski definition) is 0. The summed E-state index contributed by atoms with van der Waals surface area (Å²) < 4.78 is 0. The van der Waals surface area contributed by atoms with E-state index in [9.17, 15) is 0 Å². The average Bonchev–Trinajstić information content (AvgIpc) is 3.53. The van der Waals surface area contributed by atoms with E-state index in [1.807, 2.05) is 0 Å². The van der Waals surface area contributed by atoms with Gasteiger partial charge in [-0.05, 0) is 152 Å². The van der Waals surface area contributed by atoms with E-state index in [-0.39, 0.29) is 10.8 Å². The molecule has 2 aliphatic rings. The molecule has 0 unspecified atom stereocenters. The number of benzene rings is 12. The van der Waals surface area contributed by atoms with Gasteiger partial charge in [0.25, 0.3) is 0 Å². The van der Waals surface area contributed by atoms with Crippen LogP contribution in [-0.4, -0.2) is 14.1 Å². The predicted molar refractivity (Wildman–Crippen MR) is 317 cm³/mol. The van der Waals surface area contributed by atoms with Crippen LogP contribution in [0.4, 0.5) is 22.7 Å². The van der Waals surface area contributed by atoms with Crippen molar-refractivity contribution in [2.75, 3.05) is 23.9 Å². The van der Waals surface area contributed by atoms with Crippen LogP contribution < -0.4 is 9.80 Å². The van der Waals surface area contributed by atoms with E-state index in [1.165, 1.54) is 144 Å². The van der Waals surface area contributed by atoms with Gasteiger partial charge in [0.1, 0.15) is 0 Å². The lowest BCUT2D eigenvalue weighted by atomic mass is 9.72. The molecule has 14 rings (SSSR count). The molecule has 0 saturated carbocycles. The van der Waals surface area contributed by atoms with Gasteiger partial charge < -0.3 is 9.80 Å². The molecular weight excluding hydrogens is 893 g/mol. The van der Waals surface area contributed by atoms with E-state index < -0.39 is 0 Å². The highest BCUT2D eigenvalue weighted by Gasteiger charge is 2.38. The maximum atomic E-state index is 2.50. The van der Waals surface area contributed by atoms with Gasteiger partial charge in [-0.2, -0.15) is 0 Å². The van der Waals surface area contributed by atoms with Crippen LogP contribution in [0.5, 0.6) is 0 Å². The summed E-state index contributed by atoms with van der Waals surface area (Å²) >= 11 is 0. The molecule has 0 spiro atoms. The molecule has 74 heavy (non-hydrogen) atoms. The molecule has 2 heteroatoms. The first-order valence-electron chi connectivity index (χ1n) is 26.1. The summed E-state index contributed by atoms with van der Waals surface area (Å²) in [6.07, 6.45) is 0. The molecule has 12 aromatic carbocycles. The van der Waals surface area contributed by atoms with E-state index in [1.54, 1.807) is 0 Å². The summed E-state index contributed by atoms with van der Waals surface area (Å²) in [6.45, 7) is 9.50. The highest BCUT2D eigenvalue weighted by atomic mass is 15.1. The van der Waals surface area contributed by atoms with Gasteiger partial charge in [-0.3, -0.25) is 0 Å². The van der Waals surface area contributed by atoms with Gasteiger partial charge in [-0.25, -0.2) is 0 Å². The summed E-state index contributed by atoms with van der Waals surface area (Å²) in [5, 5.41) is 9.89. The van der Waals surface area contributed by atoms with E-state index in [0.29, 0.717) is 0 Å². The van der Waals surface area contributed by atoms with Crippen LogP contribution in [0.15, 0.2) is 231 Å². The van der Waals surface area contributed by atoms with Gasteiger partial charge in [0, 0.05) is 47.4 Å². The van der Waals surface area contributed by atoms with Crippen molar-refractivity contribution in [1.29, 1.82) is 0 Å². The average molecular weight is 949 g/mol. The molecule has 2 aliphatic heterocycles. The Bertz CT molecular complexity index is 4040. The van der Waals surface area contributed by atoms with Crippen molar-refractivity contribution in [3.8, 4) is 55.6 Å². The fraction of sp³-hybridized carbons (Fsp3) is 0.111. The minimum Gasteiger partial charge on any atom is -0.344 e. The molecule has 0 aromatic heterocycles. The molecule has 2 nitrogen and oxygen atoms in total. The van der Waals surface area contributed by atoms with E-state index in [4.69, 9.17) is 0 Å². The second kappa shape index (κ2) is 16.4. The van der Waals surface area contributed by atoms with Gasteiger partial charge in [0.15, 0.2) is 0 Å². The zero-order valence-electron chi connectivity index (χ0n) is 42.8. The number of hydrogen-bond acceptors (Lipinski definition) is 2. The van der Waals surface area contributed by atoms with Crippen LogP contribution in [0.25, 0.3) is 98.7 Å². The smallest absolute Gasteiger partial charge is 0.0529 e. The molecule has 0 saturated heterocycles. The monoisotopic (exact) mass is 948 g/mol. The maximum Gasteiger partial charge on any atom is 0.0529 e. The Morgan fingerprint density at radius 2 is 0.649 bits per heavy atom. The number of fused-ring (bicyclic) bond motifs is 8. The largest absolute Gasteiger partial charge is 0.344 e. The number of anilines is 4. The Kier molecular flexibility index (Phi) is 9.76. The quantitative estimate of drug-likeness (QED) is 0.159. The molecule has 12 aromatic rings. The highest BCUT2D eigenvalue weighted by molar-refractivity contribution is 6.20. The second-order valence-electron chi connectivity index (χ2n) is 21.7. The summed E-state index contributed by atoms with van der Waals surface area (Å²) in [5.41, 5.74) is 22.4.